The molecule has 0 heterocycles. The summed E-state index contributed by atoms with van der Waals surface area (Å²) in [5, 5.41) is 8.79. The maximum absolute atomic E-state index is 10.7. The molecule has 2 heteroatoms. The van der Waals surface area contributed by atoms with Crippen LogP contribution in [-0.4, -0.2) is 11.1 Å². The molecular weight excluding hydrogens is 188 g/mol. The maximum atomic E-state index is 10.7. The molecule has 1 aromatic rings. The van der Waals surface area contributed by atoms with Crippen molar-refractivity contribution in [1.29, 1.82) is 0 Å². The summed E-state index contributed by atoms with van der Waals surface area (Å²) in [5.74, 6) is -0.642. The lowest BCUT2D eigenvalue weighted by atomic mass is 9.33. The van der Waals surface area contributed by atoms with Crippen LogP contribution < -0.4 is 0 Å². The van der Waals surface area contributed by atoms with Crippen LogP contribution in [0.25, 0.3) is 0 Å². The van der Waals surface area contributed by atoms with E-state index in [4.69, 9.17) is 5.11 Å². The average molecular weight is 202 g/mol. The van der Waals surface area contributed by atoms with E-state index in [-0.39, 0.29) is 5.41 Å². The van der Waals surface area contributed by atoms with Crippen molar-refractivity contribution >= 4 is 5.97 Å². The molecule has 1 aromatic carbocycles. The van der Waals surface area contributed by atoms with E-state index in [1.165, 1.54) is 5.56 Å². The van der Waals surface area contributed by atoms with Gasteiger partial charge in [-0.3, -0.25) is 4.79 Å². The summed E-state index contributed by atoms with van der Waals surface area (Å²) < 4.78 is 0. The van der Waals surface area contributed by atoms with E-state index in [2.05, 4.69) is 24.3 Å². The van der Waals surface area contributed by atoms with Crippen LogP contribution in [0.3, 0.4) is 0 Å². The van der Waals surface area contributed by atoms with Gasteiger partial charge in [0.2, 0.25) is 0 Å². The minimum atomic E-state index is -0.642. The summed E-state index contributed by atoms with van der Waals surface area (Å²) in [6.07, 6.45) is 3.60. The molecule has 2 nitrogen and oxygen atoms in total. The van der Waals surface area contributed by atoms with Crippen LogP contribution >= 0.6 is 0 Å². The number of rotatable bonds is 3. The van der Waals surface area contributed by atoms with Gasteiger partial charge in [0.15, 0.2) is 0 Å². The average Bonchev–Trinajstić information content (AvgIpc) is 2.10. The third-order valence-electron chi connectivity index (χ3n) is 4.05. The second-order valence-electron chi connectivity index (χ2n) is 5.25. The Labute approximate surface area is 88.9 Å². The van der Waals surface area contributed by atoms with Crippen LogP contribution in [0.5, 0.6) is 0 Å². The van der Waals surface area contributed by atoms with E-state index < -0.39 is 5.97 Å². The van der Waals surface area contributed by atoms with E-state index in [1.54, 1.807) is 0 Å². The molecular formula is C13H14O2. The zero-order valence-electron chi connectivity index (χ0n) is 8.57. The number of aliphatic carboxylic acids is 1. The number of benzene rings is 1. The molecule has 78 valence electrons. The molecule has 0 aliphatic heterocycles. The second kappa shape index (κ2) is 2.63. The maximum Gasteiger partial charge on any atom is 0.303 e. The van der Waals surface area contributed by atoms with Gasteiger partial charge in [0.05, 0.1) is 6.42 Å². The summed E-state index contributed by atoms with van der Waals surface area (Å²) in [7, 11) is 0. The fourth-order valence-electron chi connectivity index (χ4n) is 3.60. The summed E-state index contributed by atoms with van der Waals surface area (Å²) in [6.45, 7) is 0. The first kappa shape index (κ1) is 8.96. The van der Waals surface area contributed by atoms with Gasteiger partial charge in [-0.25, -0.2) is 0 Å². The van der Waals surface area contributed by atoms with Crippen LogP contribution in [-0.2, 0) is 10.2 Å². The zero-order valence-corrected chi connectivity index (χ0v) is 8.57. The molecule has 3 aliphatic rings. The SMILES string of the molecule is O=C(O)CC12CC(c3ccccc3)(C1)C2. The molecule has 3 aliphatic carbocycles. The summed E-state index contributed by atoms with van der Waals surface area (Å²) >= 11 is 0. The molecule has 0 atom stereocenters. The highest BCUT2D eigenvalue weighted by Crippen LogP contribution is 2.74. The van der Waals surface area contributed by atoms with Crippen LogP contribution in [0.15, 0.2) is 30.3 Å². The summed E-state index contributed by atoms with van der Waals surface area (Å²) in [5.41, 5.74) is 1.90. The normalized spacial score (nSPS) is 36.5. The highest BCUT2D eigenvalue weighted by molar-refractivity contribution is 5.69. The number of hydrogen-bond donors (Lipinski definition) is 1. The predicted octanol–water partition coefficient (Wildman–Crippen LogP) is 2.58. The van der Waals surface area contributed by atoms with Crippen LogP contribution in [0.4, 0.5) is 0 Å². The fourth-order valence-corrected chi connectivity index (χ4v) is 3.60. The van der Waals surface area contributed by atoms with Crippen molar-refractivity contribution in [2.45, 2.75) is 31.1 Å². The Kier molecular flexibility index (Phi) is 1.57. The smallest absolute Gasteiger partial charge is 0.303 e. The van der Waals surface area contributed by atoms with E-state index in [0.717, 1.165) is 19.3 Å². The minimum absolute atomic E-state index is 0.154. The third-order valence-corrected chi connectivity index (χ3v) is 4.05. The van der Waals surface area contributed by atoms with Crippen molar-refractivity contribution < 1.29 is 9.90 Å². The lowest BCUT2D eigenvalue weighted by Crippen LogP contribution is -2.64. The molecule has 0 saturated heterocycles. The molecule has 3 saturated carbocycles. The first-order chi connectivity index (χ1) is 7.14. The van der Waals surface area contributed by atoms with Crippen molar-refractivity contribution in [3.05, 3.63) is 35.9 Å². The molecule has 0 aromatic heterocycles. The molecule has 1 N–H and O–H groups in total. The Morgan fingerprint density at radius 3 is 2.33 bits per heavy atom. The Balaban J connectivity index is 1.74. The van der Waals surface area contributed by atoms with Crippen LogP contribution in [0.1, 0.15) is 31.2 Å². The number of carboxylic acid groups (broad SMARTS) is 1. The highest BCUT2D eigenvalue weighted by atomic mass is 16.4. The van der Waals surface area contributed by atoms with E-state index in [0.29, 0.717) is 11.8 Å². The van der Waals surface area contributed by atoms with Gasteiger partial charge in [-0.05, 0) is 35.7 Å². The topological polar surface area (TPSA) is 37.3 Å². The van der Waals surface area contributed by atoms with Gasteiger partial charge >= 0.3 is 5.97 Å². The Morgan fingerprint density at radius 2 is 1.80 bits per heavy atom. The zero-order chi connectivity index (χ0) is 10.5. The van der Waals surface area contributed by atoms with Gasteiger partial charge in [-0.2, -0.15) is 0 Å². The van der Waals surface area contributed by atoms with Gasteiger partial charge in [0.25, 0.3) is 0 Å². The van der Waals surface area contributed by atoms with E-state index in [1.807, 2.05) is 6.07 Å². The van der Waals surface area contributed by atoms with E-state index in [9.17, 15) is 4.79 Å². The van der Waals surface area contributed by atoms with Crippen molar-refractivity contribution in [2.75, 3.05) is 0 Å². The molecule has 4 rings (SSSR count). The van der Waals surface area contributed by atoms with Crippen molar-refractivity contribution in [1.82, 2.24) is 0 Å². The number of carboxylic acids is 1. The van der Waals surface area contributed by atoms with Crippen molar-refractivity contribution in [2.24, 2.45) is 5.41 Å². The molecule has 15 heavy (non-hydrogen) atoms. The fraction of sp³-hybridized carbons (Fsp3) is 0.462. The lowest BCUT2D eigenvalue weighted by Gasteiger charge is -2.71. The Bertz CT molecular complexity index is 388. The number of carbonyl (C=O) groups is 1. The summed E-state index contributed by atoms with van der Waals surface area (Å²) in [6, 6.07) is 10.5. The lowest BCUT2D eigenvalue weighted by molar-refractivity contribution is -0.170. The largest absolute Gasteiger partial charge is 0.481 e. The second-order valence-corrected chi connectivity index (χ2v) is 5.25. The molecule has 3 fully saturated rings. The Morgan fingerprint density at radius 1 is 1.20 bits per heavy atom. The van der Waals surface area contributed by atoms with Crippen LogP contribution in [0.2, 0.25) is 0 Å². The first-order valence-corrected chi connectivity index (χ1v) is 5.42. The van der Waals surface area contributed by atoms with Gasteiger partial charge < -0.3 is 5.11 Å². The van der Waals surface area contributed by atoms with Crippen LogP contribution in [0, 0.1) is 5.41 Å². The molecule has 0 unspecified atom stereocenters. The molecule has 0 spiro atoms. The van der Waals surface area contributed by atoms with E-state index >= 15 is 0 Å². The van der Waals surface area contributed by atoms with Gasteiger partial charge in [0.1, 0.15) is 0 Å². The summed E-state index contributed by atoms with van der Waals surface area (Å²) in [4.78, 5) is 10.7. The monoisotopic (exact) mass is 202 g/mol. The standard InChI is InChI=1S/C13H14O2/c14-11(15)6-12-7-13(8-12,9-12)10-4-2-1-3-5-10/h1-5H,6-9H2,(H,14,15). The third kappa shape index (κ3) is 1.14. The number of hydrogen-bond acceptors (Lipinski definition) is 1. The van der Waals surface area contributed by atoms with Gasteiger partial charge in [0, 0.05) is 0 Å². The van der Waals surface area contributed by atoms with Gasteiger partial charge in [-0.1, -0.05) is 30.3 Å². The van der Waals surface area contributed by atoms with Crippen molar-refractivity contribution in [3.63, 3.8) is 0 Å². The first-order valence-electron chi connectivity index (χ1n) is 5.42. The Hall–Kier alpha value is -1.31. The van der Waals surface area contributed by atoms with Gasteiger partial charge in [-0.15, -0.1) is 0 Å². The molecule has 0 radical (unpaired) electrons. The predicted molar refractivity (Wildman–Crippen MR) is 56.7 cm³/mol. The quantitative estimate of drug-likeness (QED) is 0.818. The molecule has 0 amide bonds. The highest BCUT2D eigenvalue weighted by Gasteiger charge is 2.68. The van der Waals surface area contributed by atoms with Crippen molar-refractivity contribution in [3.8, 4) is 0 Å². The minimum Gasteiger partial charge on any atom is -0.481 e. The molecule has 2 bridgehead atoms.